The van der Waals surface area contributed by atoms with Gasteiger partial charge in [0.1, 0.15) is 5.75 Å². The number of rotatable bonds is 7. The fourth-order valence-corrected chi connectivity index (χ4v) is 2.44. The van der Waals surface area contributed by atoms with Crippen LogP contribution in [0.15, 0.2) is 30.5 Å². The first-order valence-corrected chi connectivity index (χ1v) is 8.23. The first kappa shape index (κ1) is 19.5. The van der Waals surface area contributed by atoms with E-state index in [0.29, 0.717) is 24.7 Å². The van der Waals surface area contributed by atoms with Crippen molar-refractivity contribution in [3.63, 3.8) is 0 Å². The standard InChI is InChI=1S/C18H24N4O4/c1-12-5-6-15(26-4)14(11-12)13(2)19-17(23)18(24)20-16-7-8-22(21-16)9-10-25-3/h5-8,11,13H,9-10H2,1-4H3,(H,19,23)(H,20,21,24)/t13-/m0/s1. The van der Waals surface area contributed by atoms with Crippen molar-refractivity contribution < 1.29 is 19.1 Å². The molecule has 0 aliphatic rings. The van der Waals surface area contributed by atoms with E-state index in [9.17, 15) is 9.59 Å². The van der Waals surface area contributed by atoms with Gasteiger partial charge in [0.15, 0.2) is 5.82 Å². The lowest BCUT2D eigenvalue weighted by molar-refractivity contribution is -0.136. The zero-order chi connectivity index (χ0) is 19.1. The predicted molar refractivity (Wildman–Crippen MR) is 97.0 cm³/mol. The van der Waals surface area contributed by atoms with Gasteiger partial charge in [-0.05, 0) is 19.9 Å². The highest BCUT2D eigenvalue weighted by Gasteiger charge is 2.20. The maximum absolute atomic E-state index is 12.2. The first-order valence-electron chi connectivity index (χ1n) is 8.23. The molecule has 1 aromatic heterocycles. The van der Waals surface area contributed by atoms with Crippen molar-refractivity contribution in [2.45, 2.75) is 26.4 Å². The molecule has 0 unspecified atom stereocenters. The number of anilines is 1. The molecular formula is C18H24N4O4. The monoisotopic (exact) mass is 360 g/mol. The van der Waals surface area contributed by atoms with Crippen LogP contribution in [0.25, 0.3) is 0 Å². The molecule has 2 rings (SSSR count). The molecule has 1 atom stereocenters. The van der Waals surface area contributed by atoms with Crippen molar-refractivity contribution in [2.75, 3.05) is 26.1 Å². The number of aromatic nitrogens is 2. The average molecular weight is 360 g/mol. The number of carbonyl (C=O) groups excluding carboxylic acids is 2. The van der Waals surface area contributed by atoms with Crippen molar-refractivity contribution in [1.82, 2.24) is 15.1 Å². The van der Waals surface area contributed by atoms with Gasteiger partial charge in [0.2, 0.25) is 0 Å². The molecule has 0 saturated carbocycles. The van der Waals surface area contributed by atoms with Crippen LogP contribution >= 0.6 is 0 Å². The van der Waals surface area contributed by atoms with E-state index in [4.69, 9.17) is 9.47 Å². The van der Waals surface area contributed by atoms with Gasteiger partial charge >= 0.3 is 11.8 Å². The van der Waals surface area contributed by atoms with Gasteiger partial charge in [-0.1, -0.05) is 17.7 Å². The summed E-state index contributed by atoms with van der Waals surface area (Å²) >= 11 is 0. The van der Waals surface area contributed by atoms with Crippen LogP contribution < -0.4 is 15.4 Å². The Morgan fingerprint density at radius 1 is 1.23 bits per heavy atom. The Balaban J connectivity index is 1.97. The molecule has 140 valence electrons. The molecule has 8 nitrogen and oxygen atoms in total. The zero-order valence-corrected chi connectivity index (χ0v) is 15.4. The summed E-state index contributed by atoms with van der Waals surface area (Å²) in [4.78, 5) is 24.3. The van der Waals surface area contributed by atoms with Crippen molar-refractivity contribution >= 4 is 17.6 Å². The second-order valence-corrected chi connectivity index (χ2v) is 5.85. The van der Waals surface area contributed by atoms with Crippen LogP contribution in [0.3, 0.4) is 0 Å². The molecule has 0 radical (unpaired) electrons. The molecule has 0 saturated heterocycles. The molecule has 1 aromatic carbocycles. The number of benzene rings is 1. The lowest BCUT2D eigenvalue weighted by Crippen LogP contribution is -2.37. The number of aryl methyl sites for hydroxylation is 1. The van der Waals surface area contributed by atoms with Gasteiger partial charge in [-0.2, -0.15) is 5.10 Å². The third-order valence-corrected chi connectivity index (χ3v) is 3.81. The van der Waals surface area contributed by atoms with Gasteiger partial charge in [0.05, 0.1) is 26.3 Å². The number of methoxy groups -OCH3 is 2. The van der Waals surface area contributed by atoms with Crippen LogP contribution in [0.1, 0.15) is 24.1 Å². The average Bonchev–Trinajstić information content (AvgIpc) is 3.07. The highest BCUT2D eigenvalue weighted by Crippen LogP contribution is 2.25. The summed E-state index contributed by atoms with van der Waals surface area (Å²) in [5, 5.41) is 9.31. The maximum Gasteiger partial charge on any atom is 0.314 e. The van der Waals surface area contributed by atoms with Gasteiger partial charge in [-0.15, -0.1) is 0 Å². The highest BCUT2D eigenvalue weighted by molar-refractivity contribution is 6.39. The number of hydrogen-bond donors (Lipinski definition) is 2. The van der Waals surface area contributed by atoms with Gasteiger partial charge in [0.25, 0.3) is 0 Å². The van der Waals surface area contributed by atoms with Crippen LogP contribution in [-0.4, -0.2) is 42.4 Å². The molecule has 0 aliphatic heterocycles. The van der Waals surface area contributed by atoms with Gasteiger partial charge in [0, 0.05) is 24.9 Å². The van der Waals surface area contributed by atoms with E-state index in [-0.39, 0.29) is 6.04 Å². The molecule has 2 amide bonds. The molecule has 0 fully saturated rings. The van der Waals surface area contributed by atoms with Crippen LogP contribution in [0.4, 0.5) is 5.82 Å². The fourth-order valence-electron chi connectivity index (χ4n) is 2.44. The molecule has 0 bridgehead atoms. The van der Waals surface area contributed by atoms with E-state index in [0.717, 1.165) is 11.1 Å². The molecular weight excluding hydrogens is 336 g/mol. The first-order chi connectivity index (χ1) is 12.4. The zero-order valence-electron chi connectivity index (χ0n) is 15.4. The van der Waals surface area contributed by atoms with E-state index < -0.39 is 11.8 Å². The lowest BCUT2D eigenvalue weighted by atomic mass is 10.0. The minimum atomic E-state index is -0.777. The topological polar surface area (TPSA) is 94.5 Å². The van der Waals surface area contributed by atoms with E-state index in [2.05, 4.69) is 15.7 Å². The van der Waals surface area contributed by atoms with E-state index >= 15 is 0 Å². The normalized spacial score (nSPS) is 11.7. The SMILES string of the molecule is COCCn1ccc(NC(=O)C(=O)N[C@@H](C)c2cc(C)ccc2OC)n1. The highest BCUT2D eigenvalue weighted by atomic mass is 16.5. The van der Waals surface area contributed by atoms with Crippen LogP contribution in [0.5, 0.6) is 5.75 Å². The molecule has 0 aliphatic carbocycles. The van der Waals surface area contributed by atoms with Gasteiger partial charge in [-0.25, -0.2) is 0 Å². The number of amides is 2. The van der Waals surface area contributed by atoms with Gasteiger partial charge < -0.3 is 20.1 Å². The smallest absolute Gasteiger partial charge is 0.314 e. The summed E-state index contributed by atoms with van der Waals surface area (Å²) in [6.07, 6.45) is 1.70. The number of nitrogens with one attached hydrogen (secondary N) is 2. The van der Waals surface area contributed by atoms with E-state index in [1.165, 1.54) is 0 Å². The fraction of sp³-hybridized carbons (Fsp3) is 0.389. The Morgan fingerprint density at radius 2 is 2.00 bits per heavy atom. The molecule has 1 heterocycles. The Labute approximate surface area is 152 Å². The Bertz CT molecular complexity index is 772. The molecule has 2 N–H and O–H groups in total. The van der Waals surface area contributed by atoms with Crippen molar-refractivity contribution in [1.29, 1.82) is 0 Å². The molecule has 26 heavy (non-hydrogen) atoms. The largest absolute Gasteiger partial charge is 0.496 e. The summed E-state index contributed by atoms with van der Waals surface area (Å²) in [6.45, 7) is 4.81. The maximum atomic E-state index is 12.2. The minimum absolute atomic E-state index is 0.307. The second-order valence-electron chi connectivity index (χ2n) is 5.85. The Morgan fingerprint density at radius 3 is 2.69 bits per heavy atom. The molecule has 0 spiro atoms. The minimum Gasteiger partial charge on any atom is -0.496 e. The summed E-state index contributed by atoms with van der Waals surface area (Å²) in [5.74, 6) is -0.560. The van der Waals surface area contributed by atoms with Crippen LogP contribution in [0, 0.1) is 6.92 Å². The number of carbonyl (C=O) groups is 2. The van der Waals surface area contributed by atoms with E-state index in [1.807, 2.05) is 25.1 Å². The predicted octanol–water partition coefficient (Wildman–Crippen LogP) is 1.66. The lowest BCUT2D eigenvalue weighted by Gasteiger charge is -2.17. The van der Waals surface area contributed by atoms with E-state index in [1.54, 1.807) is 38.1 Å². The molecule has 8 heteroatoms. The number of nitrogens with zero attached hydrogens (tertiary/aromatic N) is 2. The third-order valence-electron chi connectivity index (χ3n) is 3.81. The Hall–Kier alpha value is -2.87. The summed E-state index contributed by atoms with van der Waals surface area (Å²) < 4.78 is 11.9. The molecule has 2 aromatic rings. The second kappa shape index (κ2) is 9.00. The van der Waals surface area contributed by atoms with Crippen LogP contribution in [-0.2, 0) is 20.9 Å². The van der Waals surface area contributed by atoms with Crippen LogP contribution in [0.2, 0.25) is 0 Å². The Kier molecular flexibility index (Phi) is 6.74. The quantitative estimate of drug-likeness (QED) is 0.733. The van der Waals surface area contributed by atoms with Gasteiger partial charge in [-0.3, -0.25) is 14.3 Å². The summed E-state index contributed by atoms with van der Waals surface area (Å²) in [6, 6.07) is 6.90. The van der Waals surface area contributed by atoms with Crippen molar-refractivity contribution in [3.05, 3.63) is 41.6 Å². The summed E-state index contributed by atoms with van der Waals surface area (Å²) in [5.41, 5.74) is 1.84. The third kappa shape index (κ3) is 5.06. The van der Waals surface area contributed by atoms with Crippen molar-refractivity contribution in [3.8, 4) is 5.75 Å². The number of ether oxygens (including phenoxy) is 2. The van der Waals surface area contributed by atoms with Crippen molar-refractivity contribution in [2.24, 2.45) is 0 Å². The number of hydrogen-bond acceptors (Lipinski definition) is 5. The summed E-state index contributed by atoms with van der Waals surface area (Å²) in [7, 11) is 3.16.